The summed E-state index contributed by atoms with van der Waals surface area (Å²) < 4.78 is 16.5. The minimum absolute atomic E-state index is 0.0875. The van der Waals surface area contributed by atoms with E-state index in [1.54, 1.807) is 12.0 Å². The molecule has 2 saturated heterocycles. The monoisotopic (exact) mass is 343 g/mol. The predicted molar refractivity (Wildman–Crippen MR) is 90.3 cm³/mol. The third-order valence-corrected chi connectivity index (χ3v) is 5.21. The number of fused-ring (bicyclic) bond motifs is 1. The molecule has 25 heavy (non-hydrogen) atoms. The summed E-state index contributed by atoms with van der Waals surface area (Å²) in [6.45, 7) is 2.72. The van der Waals surface area contributed by atoms with E-state index in [0.29, 0.717) is 13.2 Å². The van der Waals surface area contributed by atoms with Crippen LogP contribution in [0.5, 0.6) is 5.75 Å². The summed E-state index contributed by atoms with van der Waals surface area (Å²) in [5, 5.41) is 0. The normalized spacial score (nSPS) is 32.2. The van der Waals surface area contributed by atoms with Gasteiger partial charge in [-0.3, -0.25) is 9.59 Å². The summed E-state index contributed by atoms with van der Waals surface area (Å²) >= 11 is 0. The standard InChI is InChI=1S/C19H21NO5/c1-3-10-24-18(22)15-14-8-9-19(25-14)11-20(17(21)16(15)19)12-4-6-13(23-2)7-5-12/h4-9,14-16H,3,10-11H2,1-2H3/t14-,15+,16+,19+/m0/s1. The molecule has 1 spiro atoms. The molecule has 3 aliphatic heterocycles. The zero-order valence-corrected chi connectivity index (χ0v) is 14.3. The van der Waals surface area contributed by atoms with E-state index in [0.717, 1.165) is 17.9 Å². The number of nitrogens with zero attached hydrogens (tertiary/aromatic N) is 1. The number of ether oxygens (including phenoxy) is 3. The molecule has 0 aromatic heterocycles. The van der Waals surface area contributed by atoms with Gasteiger partial charge in [0.2, 0.25) is 5.91 Å². The van der Waals surface area contributed by atoms with Crippen molar-refractivity contribution in [2.45, 2.75) is 25.0 Å². The fourth-order valence-corrected chi connectivity index (χ4v) is 4.05. The molecular weight excluding hydrogens is 322 g/mol. The summed E-state index contributed by atoms with van der Waals surface area (Å²) in [4.78, 5) is 27.3. The van der Waals surface area contributed by atoms with Crippen LogP contribution in [0.3, 0.4) is 0 Å². The highest BCUT2D eigenvalue weighted by Gasteiger charge is 2.67. The van der Waals surface area contributed by atoms with Crippen LogP contribution in [0.1, 0.15) is 13.3 Å². The van der Waals surface area contributed by atoms with E-state index in [9.17, 15) is 9.59 Å². The van der Waals surface area contributed by atoms with Crippen molar-refractivity contribution in [2.75, 3.05) is 25.2 Å². The fourth-order valence-electron chi connectivity index (χ4n) is 4.05. The SMILES string of the molecule is CCCOC(=O)[C@@H]1[C@@H]2C=C[C@]3(CN(c4ccc(OC)cc4)C(=O)[C@@H]13)O2. The number of benzene rings is 1. The quantitative estimate of drug-likeness (QED) is 0.604. The molecular formula is C19H21NO5. The van der Waals surface area contributed by atoms with Gasteiger partial charge in [-0.2, -0.15) is 0 Å². The van der Waals surface area contributed by atoms with Gasteiger partial charge in [-0.05, 0) is 30.7 Å². The van der Waals surface area contributed by atoms with Gasteiger partial charge in [0.1, 0.15) is 17.3 Å². The minimum Gasteiger partial charge on any atom is -0.497 e. The van der Waals surface area contributed by atoms with Crippen molar-refractivity contribution in [2.24, 2.45) is 11.8 Å². The van der Waals surface area contributed by atoms with Crippen LogP contribution in [0.25, 0.3) is 0 Å². The van der Waals surface area contributed by atoms with Gasteiger partial charge in [0, 0.05) is 5.69 Å². The van der Waals surface area contributed by atoms with Gasteiger partial charge >= 0.3 is 5.97 Å². The molecule has 1 aromatic carbocycles. The Kier molecular flexibility index (Phi) is 3.80. The number of amides is 1. The Hall–Kier alpha value is -2.34. The van der Waals surface area contributed by atoms with Crippen molar-refractivity contribution >= 4 is 17.6 Å². The van der Waals surface area contributed by atoms with Gasteiger partial charge in [-0.25, -0.2) is 0 Å². The largest absolute Gasteiger partial charge is 0.497 e. The Bertz CT molecular complexity index is 728. The Morgan fingerprint density at radius 2 is 2.12 bits per heavy atom. The van der Waals surface area contributed by atoms with Crippen molar-refractivity contribution in [3.8, 4) is 5.75 Å². The van der Waals surface area contributed by atoms with Gasteiger partial charge in [0.25, 0.3) is 0 Å². The lowest BCUT2D eigenvalue weighted by atomic mass is 9.77. The first-order valence-corrected chi connectivity index (χ1v) is 8.59. The lowest BCUT2D eigenvalue weighted by Gasteiger charge is -2.22. The van der Waals surface area contributed by atoms with Crippen LogP contribution < -0.4 is 9.64 Å². The van der Waals surface area contributed by atoms with Gasteiger partial charge in [0.05, 0.1) is 32.3 Å². The molecule has 4 atom stereocenters. The van der Waals surface area contributed by atoms with Crippen LogP contribution in [0.4, 0.5) is 5.69 Å². The Balaban J connectivity index is 1.61. The highest BCUT2D eigenvalue weighted by atomic mass is 16.6. The summed E-state index contributed by atoms with van der Waals surface area (Å²) in [6.07, 6.45) is 4.21. The lowest BCUT2D eigenvalue weighted by Crippen LogP contribution is -2.40. The number of rotatable bonds is 5. The van der Waals surface area contributed by atoms with E-state index in [1.807, 2.05) is 43.3 Å². The average Bonchev–Trinajstić information content (AvgIpc) is 3.28. The molecule has 0 aliphatic carbocycles. The fraction of sp³-hybridized carbons (Fsp3) is 0.474. The number of methoxy groups -OCH3 is 1. The van der Waals surface area contributed by atoms with E-state index in [-0.39, 0.29) is 18.0 Å². The third kappa shape index (κ3) is 2.35. The van der Waals surface area contributed by atoms with Crippen LogP contribution in [0.2, 0.25) is 0 Å². The second kappa shape index (κ2) is 5.88. The molecule has 0 unspecified atom stereocenters. The summed E-state index contributed by atoms with van der Waals surface area (Å²) in [5.41, 5.74) is 0.0492. The third-order valence-electron chi connectivity index (χ3n) is 5.21. The molecule has 132 valence electrons. The van der Waals surface area contributed by atoms with Crippen molar-refractivity contribution < 1.29 is 23.8 Å². The van der Waals surface area contributed by atoms with E-state index >= 15 is 0 Å². The van der Waals surface area contributed by atoms with Crippen LogP contribution in [-0.2, 0) is 19.1 Å². The van der Waals surface area contributed by atoms with Crippen molar-refractivity contribution in [3.05, 3.63) is 36.4 Å². The maximum atomic E-state index is 13.1. The summed E-state index contributed by atoms with van der Waals surface area (Å²) in [7, 11) is 1.60. The van der Waals surface area contributed by atoms with Gasteiger partial charge in [-0.1, -0.05) is 19.1 Å². The van der Waals surface area contributed by atoms with Crippen molar-refractivity contribution in [3.63, 3.8) is 0 Å². The Morgan fingerprint density at radius 1 is 1.36 bits per heavy atom. The van der Waals surface area contributed by atoms with Crippen molar-refractivity contribution in [1.29, 1.82) is 0 Å². The maximum Gasteiger partial charge on any atom is 0.312 e. The second-order valence-electron chi connectivity index (χ2n) is 6.69. The molecule has 6 heteroatoms. The predicted octanol–water partition coefficient (Wildman–Crippen LogP) is 1.93. The minimum atomic E-state index is -0.725. The van der Waals surface area contributed by atoms with Crippen LogP contribution in [0.15, 0.2) is 36.4 Å². The molecule has 0 saturated carbocycles. The van der Waals surface area contributed by atoms with Crippen LogP contribution >= 0.6 is 0 Å². The molecule has 1 amide bonds. The van der Waals surface area contributed by atoms with E-state index in [4.69, 9.17) is 14.2 Å². The number of carbonyl (C=O) groups is 2. The molecule has 4 rings (SSSR count). The smallest absolute Gasteiger partial charge is 0.312 e. The molecule has 3 heterocycles. The summed E-state index contributed by atoms with van der Waals surface area (Å²) in [5.74, 6) is -0.781. The number of anilines is 1. The second-order valence-corrected chi connectivity index (χ2v) is 6.69. The first-order valence-electron chi connectivity index (χ1n) is 8.59. The number of hydrogen-bond donors (Lipinski definition) is 0. The van der Waals surface area contributed by atoms with E-state index < -0.39 is 17.4 Å². The molecule has 0 N–H and O–H groups in total. The Labute approximate surface area is 146 Å². The number of carbonyl (C=O) groups excluding carboxylic acids is 2. The van der Waals surface area contributed by atoms with E-state index in [1.165, 1.54) is 0 Å². The maximum absolute atomic E-state index is 13.1. The van der Waals surface area contributed by atoms with Gasteiger partial charge < -0.3 is 19.1 Å². The average molecular weight is 343 g/mol. The lowest BCUT2D eigenvalue weighted by molar-refractivity contribution is -0.152. The van der Waals surface area contributed by atoms with Crippen LogP contribution in [-0.4, -0.2) is 43.8 Å². The molecule has 3 aliphatic rings. The number of esters is 1. The first kappa shape index (κ1) is 16.1. The van der Waals surface area contributed by atoms with Crippen molar-refractivity contribution in [1.82, 2.24) is 0 Å². The highest BCUT2D eigenvalue weighted by Crippen LogP contribution is 2.52. The molecule has 6 nitrogen and oxygen atoms in total. The van der Waals surface area contributed by atoms with Gasteiger partial charge in [-0.15, -0.1) is 0 Å². The number of hydrogen-bond acceptors (Lipinski definition) is 5. The van der Waals surface area contributed by atoms with Crippen LogP contribution in [0, 0.1) is 11.8 Å². The molecule has 1 aromatic rings. The highest BCUT2D eigenvalue weighted by molar-refractivity contribution is 6.02. The Morgan fingerprint density at radius 3 is 2.80 bits per heavy atom. The topological polar surface area (TPSA) is 65.1 Å². The molecule has 2 fully saturated rings. The zero-order valence-electron chi connectivity index (χ0n) is 14.3. The van der Waals surface area contributed by atoms with Gasteiger partial charge in [0.15, 0.2) is 0 Å². The molecule has 0 radical (unpaired) electrons. The summed E-state index contributed by atoms with van der Waals surface area (Å²) in [6, 6.07) is 7.31. The molecule has 2 bridgehead atoms. The van der Waals surface area contributed by atoms with E-state index in [2.05, 4.69) is 0 Å². The first-order chi connectivity index (χ1) is 12.1. The zero-order chi connectivity index (χ0) is 17.6.